The molecular formula is C31H34FNO4. The van der Waals surface area contributed by atoms with Crippen LogP contribution in [0.5, 0.6) is 5.75 Å². The zero-order valence-corrected chi connectivity index (χ0v) is 21.7. The first kappa shape index (κ1) is 26.4. The average molecular weight is 504 g/mol. The van der Waals surface area contributed by atoms with Crippen LogP contribution in [-0.2, 0) is 29.0 Å². The number of benzene rings is 3. The summed E-state index contributed by atoms with van der Waals surface area (Å²) in [6.45, 7) is 5.86. The van der Waals surface area contributed by atoms with Gasteiger partial charge in [-0.15, -0.1) is 0 Å². The molecule has 2 atom stereocenters. The number of hydrogen-bond donors (Lipinski definition) is 0. The molecule has 5 nitrogen and oxygen atoms in total. The number of piperidine rings is 1. The van der Waals surface area contributed by atoms with E-state index in [1.54, 1.807) is 32.9 Å². The van der Waals surface area contributed by atoms with E-state index in [1.165, 1.54) is 17.0 Å². The van der Waals surface area contributed by atoms with Crippen molar-refractivity contribution in [2.24, 2.45) is 5.92 Å². The number of ether oxygens (including phenoxy) is 2. The Labute approximate surface area is 218 Å². The molecule has 0 N–H and O–H groups in total. The Morgan fingerprint density at radius 3 is 2.14 bits per heavy atom. The second-order valence-corrected chi connectivity index (χ2v) is 10.6. The minimum absolute atomic E-state index is 0.238. The van der Waals surface area contributed by atoms with Crippen molar-refractivity contribution in [3.05, 3.63) is 101 Å². The van der Waals surface area contributed by atoms with Crippen LogP contribution in [-0.4, -0.2) is 28.5 Å². The van der Waals surface area contributed by atoms with Crippen molar-refractivity contribution in [1.82, 2.24) is 4.90 Å². The van der Waals surface area contributed by atoms with Crippen molar-refractivity contribution in [3.63, 3.8) is 0 Å². The Bertz CT molecular complexity index is 1190. The van der Waals surface area contributed by atoms with E-state index in [1.807, 2.05) is 54.6 Å². The van der Waals surface area contributed by atoms with E-state index in [9.17, 15) is 14.0 Å². The number of likely N-dealkylation sites (tertiary alicyclic amines) is 1. The quantitative estimate of drug-likeness (QED) is 0.359. The Balaban J connectivity index is 1.45. The molecule has 0 radical (unpaired) electrons. The van der Waals surface area contributed by atoms with Gasteiger partial charge < -0.3 is 9.47 Å². The second kappa shape index (κ2) is 11.6. The van der Waals surface area contributed by atoms with Gasteiger partial charge in [0.2, 0.25) is 5.91 Å². The molecule has 0 saturated carbocycles. The minimum Gasteiger partial charge on any atom is -0.489 e. The summed E-state index contributed by atoms with van der Waals surface area (Å²) in [5.74, 6) is -0.151. The highest BCUT2D eigenvalue weighted by Crippen LogP contribution is 2.30. The van der Waals surface area contributed by atoms with Crippen LogP contribution in [0.3, 0.4) is 0 Å². The third kappa shape index (κ3) is 7.42. The number of rotatable bonds is 7. The summed E-state index contributed by atoms with van der Waals surface area (Å²) in [6, 6.07) is 23.6. The highest BCUT2D eigenvalue weighted by atomic mass is 19.1. The van der Waals surface area contributed by atoms with Crippen molar-refractivity contribution < 1.29 is 23.5 Å². The first-order valence-electron chi connectivity index (χ1n) is 12.7. The summed E-state index contributed by atoms with van der Waals surface area (Å²) >= 11 is 0. The SMILES string of the molecule is CC(C)(C)OC(=O)N1C(=O)[C@@H](Cc2ccc(F)cc2)CC[C@@H]1Cc1ccc(OCc2ccccc2)cc1. The van der Waals surface area contributed by atoms with Crippen molar-refractivity contribution in [3.8, 4) is 5.75 Å². The topological polar surface area (TPSA) is 55.8 Å². The first-order valence-corrected chi connectivity index (χ1v) is 12.7. The lowest BCUT2D eigenvalue weighted by Gasteiger charge is -2.38. The molecule has 194 valence electrons. The predicted octanol–water partition coefficient (Wildman–Crippen LogP) is 6.73. The normalized spacial score (nSPS) is 17.9. The number of hydrogen-bond acceptors (Lipinski definition) is 4. The summed E-state index contributed by atoms with van der Waals surface area (Å²) in [5, 5.41) is 0. The predicted molar refractivity (Wildman–Crippen MR) is 141 cm³/mol. The Morgan fingerprint density at radius 2 is 1.49 bits per heavy atom. The first-order chi connectivity index (χ1) is 17.7. The van der Waals surface area contributed by atoms with Crippen LogP contribution >= 0.6 is 0 Å². The van der Waals surface area contributed by atoms with E-state index in [4.69, 9.17) is 9.47 Å². The van der Waals surface area contributed by atoms with Gasteiger partial charge in [-0.1, -0.05) is 54.6 Å². The molecule has 0 bridgehead atoms. The molecule has 0 spiro atoms. The van der Waals surface area contributed by atoms with Gasteiger partial charge in [0.15, 0.2) is 0 Å². The highest BCUT2D eigenvalue weighted by molar-refractivity contribution is 5.94. The Kier molecular flexibility index (Phi) is 8.27. The highest BCUT2D eigenvalue weighted by Gasteiger charge is 2.41. The van der Waals surface area contributed by atoms with Gasteiger partial charge in [-0.05, 0) is 87.4 Å². The van der Waals surface area contributed by atoms with Gasteiger partial charge in [0.25, 0.3) is 0 Å². The molecule has 37 heavy (non-hydrogen) atoms. The Morgan fingerprint density at radius 1 is 0.865 bits per heavy atom. The van der Waals surface area contributed by atoms with Crippen LogP contribution in [0.1, 0.15) is 50.3 Å². The van der Waals surface area contributed by atoms with Crippen LogP contribution in [0.25, 0.3) is 0 Å². The zero-order chi connectivity index (χ0) is 26.4. The van der Waals surface area contributed by atoms with E-state index in [0.29, 0.717) is 32.3 Å². The lowest BCUT2D eigenvalue weighted by molar-refractivity contribution is -0.140. The fourth-order valence-corrected chi connectivity index (χ4v) is 4.60. The molecule has 2 amide bonds. The van der Waals surface area contributed by atoms with Gasteiger partial charge in [0, 0.05) is 12.0 Å². The average Bonchev–Trinajstić information content (AvgIpc) is 2.86. The van der Waals surface area contributed by atoms with E-state index in [-0.39, 0.29) is 23.7 Å². The second-order valence-electron chi connectivity index (χ2n) is 10.6. The third-order valence-corrected chi connectivity index (χ3v) is 6.43. The van der Waals surface area contributed by atoms with Crippen LogP contribution in [0, 0.1) is 11.7 Å². The maximum Gasteiger partial charge on any atom is 0.417 e. The molecule has 3 aromatic carbocycles. The number of carbonyl (C=O) groups excluding carboxylic acids is 2. The van der Waals surface area contributed by atoms with E-state index in [0.717, 1.165) is 22.4 Å². The summed E-state index contributed by atoms with van der Waals surface area (Å²) in [5.41, 5.74) is 2.25. The van der Waals surface area contributed by atoms with Gasteiger partial charge in [-0.3, -0.25) is 4.79 Å². The Hall–Kier alpha value is -3.67. The summed E-state index contributed by atoms with van der Waals surface area (Å²) in [6.07, 6.45) is 1.70. The monoisotopic (exact) mass is 503 g/mol. The molecule has 6 heteroatoms. The molecule has 3 aromatic rings. The minimum atomic E-state index is -0.719. The standard InChI is InChI=1S/C31H34FNO4/c1-31(2,3)37-30(35)33-27(16-13-25(29(33)34)19-22-9-14-26(32)15-10-22)20-23-11-17-28(18-12-23)36-21-24-7-5-4-6-8-24/h4-12,14-15,17-18,25,27H,13,16,19-21H2,1-3H3/t25-,27-/m1/s1. The van der Waals surface area contributed by atoms with Crippen molar-refractivity contribution in [2.75, 3.05) is 0 Å². The molecule has 4 rings (SSSR count). The fraction of sp³-hybridized carbons (Fsp3) is 0.355. The number of halogens is 1. The van der Waals surface area contributed by atoms with Crippen LogP contribution in [0.2, 0.25) is 0 Å². The van der Waals surface area contributed by atoms with E-state index >= 15 is 0 Å². The molecule has 1 heterocycles. The molecule has 0 aromatic heterocycles. The van der Waals surface area contributed by atoms with Crippen molar-refractivity contribution in [2.45, 2.75) is 64.7 Å². The largest absolute Gasteiger partial charge is 0.489 e. The molecule has 0 unspecified atom stereocenters. The summed E-state index contributed by atoms with van der Waals surface area (Å²) in [7, 11) is 0. The molecule has 1 aliphatic heterocycles. The molecule has 0 aliphatic carbocycles. The van der Waals surface area contributed by atoms with Gasteiger partial charge >= 0.3 is 6.09 Å². The van der Waals surface area contributed by atoms with Crippen LogP contribution in [0.4, 0.5) is 9.18 Å². The van der Waals surface area contributed by atoms with Gasteiger partial charge in [-0.25, -0.2) is 14.1 Å². The zero-order valence-electron chi connectivity index (χ0n) is 21.7. The lowest BCUT2D eigenvalue weighted by Crippen LogP contribution is -2.53. The van der Waals surface area contributed by atoms with Crippen LogP contribution < -0.4 is 4.74 Å². The summed E-state index contributed by atoms with van der Waals surface area (Å²) < 4.78 is 24.8. The number of amides is 2. The molecule has 1 aliphatic rings. The van der Waals surface area contributed by atoms with Gasteiger partial charge in [0.1, 0.15) is 23.8 Å². The van der Waals surface area contributed by atoms with Crippen LogP contribution in [0.15, 0.2) is 78.9 Å². The van der Waals surface area contributed by atoms with Gasteiger partial charge in [-0.2, -0.15) is 0 Å². The third-order valence-electron chi connectivity index (χ3n) is 6.43. The van der Waals surface area contributed by atoms with E-state index < -0.39 is 11.7 Å². The smallest absolute Gasteiger partial charge is 0.417 e. The number of nitrogens with zero attached hydrogens (tertiary/aromatic N) is 1. The number of imide groups is 1. The summed E-state index contributed by atoms with van der Waals surface area (Å²) in [4.78, 5) is 28.0. The van der Waals surface area contributed by atoms with Crippen molar-refractivity contribution in [1.29, 1.82) is 0 Å². The lowest BCUT2D eigenvalue weighted by atomic mass is 9.85. The number of carbonyl (C=O) groups is 2. The van der Waals surface area contributed by atoms with Gasteiger partial charge in [0.05, 0.1) is 0 Å². The van der Waals surface area contributed by atoms with E-state index in [2.05, 4.69) is 0 Å². The maximum absolute atomic E-state index is 13.5. The fourth-order valence-electron chi connectivity index (χ4n) is 4.60. The molecule has 1 saturated heterocycles. The molecule has 1 fully saturated rings. The van der Waals surface area contributed by atoms with Crippen molar-refractivity contribution >= 4 is 12.0 Å². The maximum atomic E-state index is 13.5. The molecular weight excluding hydrogens is 469 g/mol.